The van der Waals surface area contributed by atoms with Gasteiger partial charge in [0.2, 0.25) is 5.91 Å². The summed E-state index contributed by atoms with van der Waals surface area (Å²) in [6.07, 6.45) is 1.91. The number of aliphatic hydroxyl groups excluding tert-OH is 1. The van der Waals surface area contributed by atoms with Crippen molar-refractivity contribution in [2.45, 2.75) is 19.8 Å². The summed E-state index contributed by atoms with van der Waals surface area (Å²) in [5.41, 5.74) is 0. The van der Waals surface area contributed by atoms with Gasteiger partial charge in [-0.05, 0) is 37.8 Å². The van der Waals surface area contributed by atoms with Crippen molar-refractivity contribution >= 4 is 5.91 Å². The molecule has 0 aliphatic carbocycles. The molecule has 2 aliphatic rings. The van der Waals surface area contributed by atoms with Crippen LogP contribution >= 0.6 is 0 Å². The number of rotatable bonds is 3. The molecule has 1 unspecified atom stereocenters. The molecule has 92 valence electrons. The van der Waals surface area contributed by atoms with Crippen LogP contribution in [0.4, 0.5) is 0 Å². The summed E-state index contributed by atoms with van der Waals surface area (Å²) in [5, 5.41) is 12.3. The second kappa shape index (κ2) is 5.15. The maximum absolute atomic E-state index is 12.2. The van der Waals surface area contributed by atoms with Gasteiger partial charge >= 0.3 is 0 Å². The van der Waals surface area contributed by atoms with Gasteiger partial charge in [0.15, 0.2) is 0 Å². The van der Waals surface area contributed by atoms with Crippen molar-refractivity contribution < 1.29 is 9.90 Å². The fraction of sp³-hybridized carbons (Fsp3) is 0.917. The number of aliphatic hydroxyl groups is 1. The maximum Gasteiger partial charge on any atom is 0.225 e. The lowest BCUT2D eigenvalue weighted by Gasteiger charge is -2.37. The molecule has 4 nitrogen and oxygen atoms in total. The lowest BCUT2D eigenvalue weighted by Crippen LogP contribution is -2.51. The molecule has 0 bridgehead atoms. The average Bonchev–Trinajstić information content (AvgIpc) is 2.26. The van der Waals surface area contributed by atoms with E-state index in [2.05, 4.69) is 5.32 Å². The van der Waals surface area contributed by atoms with E-state index < -0.39 is 0 Å². The van der Waals surface area contributed by atoms with Gasteiger partial charge in [-0.3, -0.25) is 4.79 Å². The average molecular weight is 226 g/mol. The second-order valence-electron chi connectivity index (χ2n) is 5.16. The van der Waals surface area contributed by atoms with Crippen molar-refractivity contribution in [2.24, 2.45) is 17.8 Å². The van der Waals surface area contributed by atoms with Crippen molar-refractivity contribution in [2.75, 3.05) is 32.8 Å². The lowest BCUT2D eigenvalue weighted by molar-refractivity contribution is -0.139. The molecule has 0 aromatic rings. The number of likely N-dealkylation sites (tertiary alicyclic amines) is 1. The van der Waals surface area contributed by atoms with Crippen LogP contribution in [0.1, 0.15) is 19.8 Å². The Bertz CT molecular complexity index is 245. The van der Waals surface area contributed by atoms with Crippen LogP contribution in [-0.4, -0.2) is 48.7 Å². The van der Waals surface area contributed by atoms with Crippen LogP contribution < -0.4 is 5.32 Å². The predicted molar refractivity (Wildman–Crippen MR) is 61.9 cm³/mol. The molecule has 0 spiro atoms. The number of hydrogen-bond donors (Lipinski definition) is 2. The van der Waals surface area contributed by atoms with Gasteiger partial charge in [0, 0.05) is 25.6 Å². The van der Waals surface area contributed by atoms with E-state index in [9.17, 15) is 4.79 Å². The van der Waals surface area contributed by atoms with Gasteiger partial charge in [-0.15, -0.1) is 0 Å². The monoisotopic (exact) mass is 226 g/mol. The third kappa shape index (κ3) is 2.38. The highest BCUT2D eigenvalue weighted by Gasteiger charge is 2.32. The number of amides is 1. The third-order valence-electron chi connectivity index (χ3n) is 4.09. The zero-order valence-electron chi connectivity index (χ0n) is 9.98. The topological polar surface area (TPSA) is 52.6 Å². The van der Waals surface area contributed by atoms with Gasteiger partial charge in [-0.2, -0.15) is 0 Å². The zero-order chi connectivity index (χ0) is 11.5. The van der Waals surface area contributed by atoms with Crippen LogP contribution in [0.3, 0.4) is 0 Å². The van der Waals surface area contributed by atoms with Crippen molar-refractivity contribution in [1.82, 2.24) is 10.2 Å². The van der Waals surface area contributed by atoms with E-state index in [1.807, 2.05) is 11.8 Å². The van der Waals surface area contributed by atoms with Crippen molar-refractivity contribution in [3.63, 3.8) is 0 Å². The van der Waals surface area contributed by atoms with Crippen molar-refractivity contribution in [3.8, 4) is 0 Å². The number of carbonyl (C=O) groups excluding carboxylic acids is 1. The molecule has 2 aliphatic heterocycles. The minimum absolute atomic E-state index is 0.159. The van der Waals surface area contributed by atoms with Crippen molar-refractivity contribution in [3.05, 3.63) is 0 Å². The molecular formula is C12H22N2O2. The molecule has 0 aromatic heterocycles. The van der Waals surface area contributed by atoms with Crippen LogP contribution in [0, 0.1) is 17.8 Å². The number of hydrogen-bond acceptors (Lipinski definition) is 3. The number of carbonyl (C=O) groups is 1. The highest BCUT2D eigenvalue weighted by atomic mass is 16.3. The third-order valence-corrected chi connectivity index (χ3v) is 4.09. The summed E-state index contributed by atoms with van der Waals surface area (Å²) < 4.78 is 0. The van der Waals surface area contributed by atoms with E-state index in [1.165, 1.54) is 0 Å². The highest BCUT2D eigenvalue weighted by molar-refractivity contribution is 5.79. The van der Waals surface area contributed by atoms with E-state index in [-0.39, 0.29) is 12.5 Å². The molecule has 2 fully saturated rings. The molecule has 2 N–H and O–H groups in total. The minimum Gasteiger partial charge on any atom is -0.396 e. The fourth-order valence-corrected chi connectivity index (χ4v) is 2.49. The largest absolute Gasteiger partial charge is 0.396 e. The molecular weight excluding hydrogens is 204 g/mol. The van der Waals surface area contributed by atoms with Crippen LogP contribution in [0.5, 0.6) is 0 Å². The van der Waals surface area contributed by atoms with Crippen molar-refractivity contribution in [1.29, 1.82) is 0 Å². The predicted octanol–water partition coefficient (Wildman–Crippen LogP) is 0.0728. The zero-order valence-corrected chi connectivity index (χ0v) is 9.98. The highest BCUT2D eigenvalue weighted by Crippen LogP contribution is 2.22. The Morgan fingerprint density at radius 2 is 2.06 bits per heavy atom. The molecule has 0 radical (unpaired) electrons. The Morgan fingerprint density at radius 3 is 2.50 bits per heavy atom. The first-order chi connectivity index (χ1) is 7.72. The van der Waals surface area contributed by atoms with Crippen LogP contribution in [0.25, 0.3) is 0 Å². The first-order valence-electron chi connectivity index (χ1n) is 6.32. The number of nitrogens with one attached hydrogen (secondary N) is 1. The molecule has 2 rings (SSSR count). The Hall–Kier alpha value is -0.610. The maximum atomic E-state index is 12.2. The van der Waals surface area contributed by atoms with Gasteiger partial charge in [-0.1, -0.05) is 6.92 Å². The van der Waals surface area contributed by atoms with Gasteiger partial charge < -0.3 is 15.3 Å². The van der Waals surface area contributed by atoms with Crippen LogP contribution in [0.2, 0.25) is 0 Å². The normalized spacial score (nSPS) is 25.2. The number of piperidine rings is 1. The fourth-order valence-electron chi connectivity index (χ4n) is 2.49. The van der Waals surface area contributed by atoms with Gasteiger partial charge in [0.25, 0.3) is 0 Å². The Kier molecular flexibility index (Phi) is 3.82. The van der Waals surface area contributed by atoms with Gasteiger partial charge in [0.05, 0.1) is 0 Å². The van der Waals surface area contributed by atoms with E-state index in [4.69, 9.17) is 5.11 Å². The number of nitrogens with zero attached hydrogens (tertiary/aromatic N) is 1. The van der Waals surface area contributed by atoms with Crippen LogP contribution in [-0.2, 0) is 4.79 Å². The van der Waals surface area contributed by atoms with Gasteiger partial charge in [0.1, 0.15) is 0 Å². The summed E-state index contributed by atoms with van der Waals surface area (Å²) in [6, 6.07) is 0. The Morgan fingerprint density at radius 1 is 1.44 bits per heavy atom. The molecule has 16 heavy (non-hydrogen) atoms. The van der Waals surface area contributed by atoms with E-state index in [1.54, 1.807) is 0 Å². The Balaban J connectivity index is 1.81. The second-order valence-corrected chi connectivity index (χ2v) is 5.16. The quantitative estimate of drug-likeness (QED) is 0.716. The first-order valence-corrected chi connectivity index (χ1v) is 6.32. The Labute approximate surface area is 97.0 Å². The first kappa shape index (κ1) is 11.9. The molecule has 1 amide bonds. The SMILES string of the molecule is CC(C(=O)N1CCC(CO)CC1)C1CNC1. The molecule has 4 heteroatoms. The smallest absolute Gasteiger partial charge is 0.225 e. The van der Waals surface area contributed by atoms with Crippen LogP contribution in [0.15, 0.2) is 0 Å². The molecule has 2 heterocycles. The minimum atomic E-state index is 0.159. The van der Waals surface area contributed by atoms with E-state index in [0.717, 1.165) is 39.0 Å². The summed E-state index contributed by atoms with van der Waals surface area (Å²) in [6.45, 7) is 5.94. The molecule has 2 saturated heterocycles. The standard InChI is InChI=1S/C12H22N2O2/c1-9(11-6-13-7-11)12(16)14-4-2-10(8-15)3-5-14/h9-11,13,15H,2-8H2,1H3. The lowest BCUT2D eigenvalue weighted by atomic mass is 9.87. The van der Waals surface area contributed by atoms with E-state index in [0.29, 0.717) is 17.7 Å². The van der Waals surface area contributed by atoms with Gasteiger partial charge in [-0.25, -0.2) is 0 Å². The summed E-state index contributed by atoms with van der Waals surface area (Å²) in [5.74, 6) is 1.41. The summed E-state index contributed by atoms with van der Waals surface area (Å²) >= 11 is 0. The summed E-state index contributed by atoms with van der Waals surface area (Å²) in [7, 11) is 0. The molecule has 0 saturated carbocycles. The molecule has 1 atom stereocenters. The van der Waals surface area contributed by atoms with E-state index >= 15 is 0 Å². The summed E-state index contributed by atoms with van der Waals surface area (Å²) in [4.78, 5) is 14.1. The molecule has 0 aromatic carbocycles.